The molecule has 1 aromatic rings. The van der Waals surface area contributed by atoms with Gasteiger partial charge in [-0.1, -0.05) is 20.8 Å². The molecule has 1 saturated carbocycles. The number of aryl methyl sites for hydroxylation is 1. The zero-order chi connectivity index (χ0) is 14.9. The fraction of sp³-hybridized carbons (Fsp3) is 0.750. The summed E-state index contributed by atoms with van der Waals surface area (Å²) in [4.78, 5) is 16.8. The van der Waals surface area contributed by atoms with Gasteiger partial charge in [-0.2, -0.15) is 0 Å². The van der Waals surface area contributed by atoms with Crippen LogP contribution < -0.4 is 5.32 Å². The number of carbonyl (C=O) groups excluding carboxylic acids is 1. The number of rotatable bonds is 3. The van der Waals surface area contributed by atoms with E-state index in [2.05, 4.69) is 31.1 Å². The highest BCUT2D eigenvalue weighted by molar-refractivity contribution is 5.79. The Bertz CT molecular complexity index is 478. The van der Waals surface area contributed by atoms with E-state index in [1.165, 1.54) is 6.42 Å². The van der Waals surface area contributed by atoms with Crippen molar-refractivity contribution in [2.45, 2.75) is 53.0 Å². The summed E-state index contributed by atoms with van der Waals surface area (Å²) in [6.45, 7) is 8.79. The van der Waals surface area contributed by atoms with Crippen molar-refractivity contribution in [3.63, 3.8) is 0 Å². The Balaban J connectivity index is 1.99. The van der Waals surface area contributed by atoms with Crippen molar-refractivity contribution in [3.05, 3.63) is 18.2 Å². The average Bonchev–Trinajstić information content (AvgIpc) is 2.72. The van der Waals surface area contributed by atoms with Crippen LogP contribution in [0, 0.1) is 17.3 Å². The van der Waals surface area contributed by atoms with Gasteiger partial charge in [-0.3, -0.25) is 4.79 Å². The predicted octanol–water partition coefficient (Wildman–Crippen LogP) is 3.06. The van der Waals surface area contributed by atoms with Crippen molar-refractivity contribution in [1.29, 1.82) is 0 Å². The minimum absolute atomic E-state index is 0.0390. The monoisotopic (exact) mass is 277 g/mol. The molecule has 0 aliphatic heterocycles. The molecule has 20 heavy (non-hydrogen) atoms. The van der Waals surface area contributed by atoms with Crippen LogP contribution in [0.4, 0.5) is 0 Å². The van der Waals surface area contributed by atoms with Gasteiger partial charge in [0.1, 0.15) is 5.82 Å². The molecule has 1 heterocycles. The largest absolute Gasteiger partial charge is 0.346 e. The van der Waals surface area contributed by atoms with Gasteiger partial charge in [0, 0.05) is 25.4 Å². The number of hydrogen-bond donors (Lipinski definition) is 1. The zero-order valence-electron chi connectivity index (χ0n) is 13.3. The van der Waals surface area contributed by atoms with E-state index in [0.29, 0.717) is 5.92 Å². The third-order valence-corrected chi connectivity index (χ3v) is 4.36. The maximum absolute atomic E-state index is 12.5. The van der Waals surface area contributed by atoms with E-state index >= 15 is 0 Å². The Morgan fingerprint density at radius 1 is 1.50 bits per heavy atom. The van der Waals surface area contributed by atoms with Crippen molar-refractivity contribution >= 4 is 5.91 Å². The summed E-state index contributed by atoms with van der Waals surface area (Å²) in [5.41, 5.74) is 0.270. The summed E-state index contributed by atoms with van der Waals surface area (Å²) in [6, 6.07) is -0.0390. The van der Waals surface area contributed by atoms with Crippen LogP contribution in [0.5, 0.6) is 0 Å². The van der Waals surface area contributed by atoms with E-state index in [1.54, 1.807) is 6.20 Å². The molecule has 1 amide bonds. The third kappa shape index (κ3) is 3.41. The number of aromatic nitrogens is 2. The molecule has 4 nitrogen and oxygen atoms in total. The van der Waals surface area contributed by atoms with Crippen molar-refractivity contribution < 1.29 is 4.79 Å². The summed E-state index contributed by atoms with van der Waals surface area (Å²) in [6.07, 6.45) is 6.87. The van der Waals surface area contributed by atoms with E-state index in [0.717, 1.165) is 18.7 Å². The molecular weight excluding hydrogens is 250 g/mol. The Labute approximate surface area is 122 Å². The predicted molar refractivity (Wildman–Crippen MR) is 80.1 cm³/mol. The molecule has 1 aliphatic carbocycles. The third-order valence-electron chi connectivity index (χ3n) is 4.36. The molecule has 1 aliphatic rings. The van der Waals surface area contributed by atoms with E-state index in [9.17, 15) is 4.79 Å². The molecule has 0 spiro atoms. The highest BCUT2D eigenvalue weighted by Crippen LogP contribution is 2.41. The van der Waals surface area contributed by atoms with Crippen molar-refractivity contribution in [1.82, 2.24) is 14.9 Å². The number of nitrogens with zero attached hydrogens (tertiary/aromatic N) is 2. The molecule has 4 heteroatoms. The van der Waals surface area contributed by atoms with Gasteiger partial charge in [-0.05, 0) is 37.5 Å². The minimum Gasteiger partial charge on any atom is -0.346 e. The molecule has 0 radical (unpaired) electrons. The number of hydrogen-bond acceptors (Lipinski definition) is 2. The van der Waals surface area contributed by atoms with Crippen LogP contribution in [0.15, 0.2) is 12.4 Å². The highest BCUT2D eigenvalue weighted by atomic mass is 16.1. The molecule has 1 aromatic heterocycles. The number of nitrogens with one attached hydrogen (secondary N) is 1. The van der Waals surface area contributed by atoms with Crippen LogP contribution in [-0.4, -0.2) is 15.5 Å². The maximum atomic E-state index is 12.5. The first kappa shape index (κ1) is 15.1. The molecule has 1 fully saturated rings. The molecule has 2 rings (SSSR count). The molecule has 3 atom stereocenters. The van der Waals surface area contributed by atoms with Crippen LogP contribution in [0.25, 0.3) is 0 Å². The van der Waals surface area contributed by atoms with Crippen LogP contribution in [0.2, 0.25) is 0 Å². The van der Waals surface area contributed by atoms with Crippen LogP contribution in [-0.2, 0) is 11.8 Å². The first-order valence-electron chi connectivity index (χ1n) is 7.56. The molecule has 0 aromatic carbocycles. The summed E-state index contributed by atoms with van der Waals surface area (Å²) in [7, 11) is 1.96. The molecule has 112 valence electrons. The lowest BCUT2D eigenvalue weighted by Crippen LogP contribution is -2.39. The molecule has 0 bridgehead atoms. The smallest absolute Gasteiger partial charge is 0.223 e. The van der Waals surface area contributed by atoms with E-state index in [4.69, 9.17) is 0 Å². The van der Waals surface area contributed by atoms with Gasteiger partial charge in [0.15, 0.2) is 0 Å². The number of carbonyl (C=O) groups is 1. The lowest BCUT2D eigenvalue weighted by molar-refractivity contribution is -0.128. The molecular formula is C16H27N3O. The van der Waals surface area contributed by atoms with Gasteiger partial charge in [-0.25, -0.2) is 4.98 Å². The SMILES string of the molecule is CC1CC(C(=O)NC(C)c2nccn2C)CC(C)(C)C1. The fourth-order valence-electron chi connectivity index (χ4n) is 3.74. The maximum Gasteiger partial charge on any atom is 0.223 e. The Morgan fingerprint density at radius 3 is 2.75 bits per heavy atom. The topological polar surface area (TPSA) is 46.9 Å². The van der Waals surface area contributed by atoms with Crippen molar-refractivity contribution in [2.24, 2.45) is 24.3 Å². The molecule has 3 unspecified atom stereocenters. The lowest BCUT2D eigenvalue weighted by Gasteiger charge is -2.38. The second-order valence-corrected chi connectivity index (χ2v) is 7.24. The van der Waals surface area contributed by atoms with Crippen LogP contribution in [0.3, 0.4) is 0 Å². The Morgan fingerprint density at radius 2 is 2.20 bits per heavy atom. The van der Waals surface area contributed by atoms with Crippen molar-refractivity contribution in [2.75, 3.05) is 0 Å². The van der Waals surface area contributed by atoms with Gasteiger partial charge < -0.3 is 9.88 Å². The van der Waals surface area contributed by atoms with E-state index < -0.39 is 0 Å². The number of amides is 1. The Hall–Kier alpha value is -1.32. The minimum atomic E-state index is -0.0390. The normalized spacial score (nSPS) is 27.1. The summed E-state index contributed by atoms with van der Waals surface area (Å²) in [5.74, 6) is 1.84. The molecule has 1 N–H and O–H groups in total. The quantitative estimate of drug-likeness (QED) is 0.923. The summed E-state index contributed by atoms with van der Waals surface area (Å²) in [5, 5.41) is 3.13. The standard InChI is InChI=1S/C16H27N3O/c1-11-8-13(10-16(3,4)9-11)15(20)18-12(2)14-17-6-7-19(14)5/h6-7,11-13H,8-10H2,1-5H3,(H,18,20). The highest BCUT2D eigenvalue weighted by Gasteiger charge is 2.35. The number of imidazole rings is 1. The lowest BCUT2D eigenvalue weighted by atomic mass is 9.68. The summed E-state index contributed by atoms with van der Waals surface area (Å²) >= 11 is 0. The van der Waals surface area contributed by atoms with Gasteiger partial charge in [0.25, 0.3) is 0 Å². The second kappa shape index (κ2) is 5.58. The average molecular weight is 277 g/mol. The van der Waals surface area contributed by atoms with E-state index in [1.807, 2.05) is 24.7 Å². The second-order valence-electron chi connectivity index (χ2n) is 7.24. The first-order valence-corrected chi connectivity index (χ1v) is 7.56. The van der Waals surface area contributed by atoms with Gasteiger partial charge in [0.2, 0.25) is 5.91 Å². The van der Waals surface area contributed by atoms with Gasteiger partial charge in [-0.15, -0.1) is 0 Å². The fourth-order valence-corrected chi connectivity index (χ4v) is 3.74. The van der Waals surface area contributed by atoms with Gasteiger partial charge in [0.05, 0.1) is 6.04 Å². The summed E-state index contributed by atoms with van der Waals surface area (Å²) < 4.78 is 1.96. The van der Waals surface area contributed by atoms with Crippen molar-refractivity contribution in [3.8, 4) is 0 Å². The zero-order valence-corrected chi connectivity index (χ0v) is 13.3. The van der Waals surface area contributed by atoms with Crippen LogP contribution >= 0.6 is 0 Å². The molecule has 0 saturated heterocycles. The van der Waals surface area contributed by atoms with Gasteiger partial charge >= 0.3 is 0 Å². The first-order chi connectivity index (χ1) is 9.28. The Kier molecular flexibility index (Phi) is 4.21. The van der Waals surface area contributed by atoms with E-state index in [-0.39, 0.29) is 23.3 Å². The van der Waals surface area contributed by atoms with Crippen LogP contribution in [0.1, 0.15) is 58.8 Å².